The predicted octanol–water partition coefficient (Wildman–Crippen LogP) is -1.09. The molecule has 0 aromatic heterocycles. The smallest absolute Gasteiger partial charge is 0.328 e. The number of hydrazine groups is 1. The Morgan fingerprint density at radius 3 is 2.31 bits per heavy atom. The second-order valence-electron chi connectivity index (χ2n) is 2.52. The first-order valence-corrected chi connectivity index (χ1v) is 5.20. The van der Waals surface area contributed by atoms with Crippen LogP contribution in [0.1, 0.15) is 12.8 Å². The van der Waals surface area contributed by atoms with Gasteiger partial charge >= 0.3 is 6.03 Å². The molecule has 0 saturated heterocycles. The molecule has 0 aliphatic carbocycles. The van der Waals surface area contributed by atoms with Crippen LogP contribution >= 0.6 is 0 Å². The minimum Gasteiger partial charge on any atom is -0.350 e. The molecule has 0 aromatic carbocycles. The maximum Gasteiger partial charge on any atom is 0.328 e. The summed E-state index contributed by atoms with van der Waals surface area (Å²) in [5.74, 6) is 4.78. The van der Waals surface area contributed by atoms with E-state index in [-0.39, 0.29) is 18.7 Å². The Balaban J connectivity index is 3.53. The van der Waals surface area contributed by atoms with E-state index in [1.165, 1.54) is 0 Å². The third kappa shape index (κ3) is 7.50. The highest BCUT2D eigenvalue weighted by Crippen LogP contribution is 1.94. The molecule has 0 aromatic rings. The normalized spacial score (nSPS) is 11.2. The number of nitrogens with two attached hydrogens (primary N) is 2. The molecule has 0 heterocycles. The molecule has 0 aliphatic heterocycles. The van der Waals surface area contributed by atoms with Crippen molar-refractivity contribution in [1.82, 2.24) is 5.01 Å². The third-order valence-corrected chi connectivity index (χ3v) is 2.14. The Kier molecular flexibility index (Phi) is 4.67. The molecule has 0 radical (unpaired) electrons. The second kappa shape index (κ2) is 5.00. The van der Waals surface area contributed by atoms with E-state index < -0.39 is 16.1 Å². The van der Waals surface area contributed by atoms with Crippen LogP contribution in [0, 0.1) is 0 Å². The molecule has 0 unspecified atom stereocenters. The Morgan fingerprint density at radius 1 is 1.38 bits per heavy atom. The summed E-state index contributed by atoms with van der Waals surface area (Å²) in [5.41, 5.74) is 4.80. The molecule has 0 spiro atoms. The number of urea groups is 1. The first-order chi connectivity index (χ1) is 5.83. The van der Waals surface area contributed by atoms with Crippen LogP contribution in [0.15, 0.2) is 0 Å². The Morgan fingerprint density at radius 2 is 1.92 bits per heavy atom. The minimum absolute atomic E-state index is 0.171. The lowest BCUT2D eigenvalue weighted by Gasteiger charge is -2.12. The summed E-state index contributed by atoms with van der Waals surface area (Å²) in [5, 5.41) is 0.782. The zero-order chi connectivity index (χ0) is 10.5. The molecule has 2 amide bonds. The molecule has 5 N–H and O–H groups in total. The van der Waals surface area contributed by atoms with Crippen molar-refractivity contribution in [2.24, 2.45) is 11.6 Å². The van der Waals surface area contributed by atoms with Crippen molar-refractivity contribution in [3.63, 3.8) is 0 Å². The maximum atomic E-state index is 10.3. The number of unbranched alkanes of at least 4 members (excludes halogenated alkanes) is 1. The molecule has 8 heteroatoms. The molecule has 7 nitrogen and oxygen atoms in total. The Hall–Kier alpha value is -0.860. The fourth-order valence-corrected chi connectivity index (χ4v) is 1.25. The zero-order valence-electron chi connectivity index (χ0n) is 7.01. The Bertz CT molecular complexity index is 263. The van der Waals surface area contributed by atoms with E-state index in [4.69, 9.17) is 16.1 Å². The van der Waals surface area contributed by atoms with Gasteiger partial charge in [-0.2, -0.15) is 8.42 Å². The molecule has 13 heavy (non-hydrogen) atoms. The standard InChI is InChI=1S/C5H13N3O4S/c6-5(9)8(7)3-1-2-4-13(10,11)12/h1-4,7H2,(H2,6,9)(H,10,11,12). The van der Waals surface area contributed by atoms with Gasteiger partial charge in [0.2, 0.25) is 0 Å². The van der Waals surface area contributed by atoms with E-state index in [0.29, 0.717) is 6.42 Å². The summed E-state index contributed by atoms with van der Waals surface area (Å²) in [7, 11) is -3.92. The lowest BCUT2D eigenvalue weighted by molar-refractivity contribution is 0.208. The SMILES string of the molecule is NC(=O)N(N)CCCCS(=O)(=O)O. The summed E-state index contributed by atoms with van der Waals surface area (Å²) in [6.45, 7) is 0.171. The lowest BCUT2D eigenvalue weighted by atomic mass is 10.3. The van der Waals surface area contributed by atoms with Gasteiger partial charge in [0.25, 0.3) is 10.1 Å². The first-order valence-electron chi connectivity index (χ1n) is 3.60. The van der Waals surface area contributed by atoms with Crippen molar-refractivity contribution in [3.05, 3.63) is 0 Å². The third-order valence-electron chi connectivity index (χ3n) is 1.33. The van der Waals surface area contributed by atoms with E-state index in [0.717, 1.165) is 5.01 Å². The maximum absolute atomic E-state index is 10.3. The number of nitrogens with zero attached hydrogens (tertiary/aromatic N) is 1. The van der Waals surface area contributed by atoms with Crippen LogP contribution in [-0.4, -0.2) is 36.3 Å². The van der Waals surface area contributed by atoms with Gasteiger partial charge in [0.05, 0.1) is 5.75 Å². The van der Waals surface area contributed by atoms with Crippen molar-refractivity contribution < 1.29 is 17.8 Å². The van der Waals surface area contributed by atoms with Crippen LogP contribution in [0.3, 0.4) is 0 Å². The van der Waals surface area contributed by atoms with Gasteiger partial charge in [0.15, 0.2) is 0 Å². The van der Waals surface area contributed by atoms with Gasteiger partial charge in [-0.3, -0.25) is 9.56 Å². The topological polar surface area (TPSA) is 127 Å². The molecule has 0 aliphatic rings. The number of carbonyl (C=O) groups excluding carboxylic acids is 1. The largest absolute Gasteiger partial charge is 0.350 e. The van der Waals surface area contributed by atoms with Crippen molar-refractivity contribution in [1.29, 1.82) is 0 Å². The van der Waals surface area contributed by atoms with Crippen molar-refractivity contribution in [2.75, 3.05) is 12.3 Å². The number of hydrogen-bond donors (Lipinski definition) is 3. The van der Waals surface area contributed by atoms with Crippen molar-refractivity contribution in [3.8, 4) is 0 Å². The molecule has 0 atom stereocenters. The number of hydrogen-bond acceptors (Lipinski definition) is 4. The van der Waals surface area contributed by atoms with Gasteiger partial charge in [-0.1, -0.05) is 0 Å². The van der Waals surface area contributed by atoms with Gasteiger partial charge in [-0.25, -0.2) is 10.6 Å². The number of primary amides is 1. The van der Waals surface area contributed by atoms with Gasteiger partial charge in [0.1, 0.15) is 0 Å². The van der Waals surface area contributed by atoms with Crippen molar-refractivity contribution in [2.45, 2.75) is 12.8 Å². The fourth-order valence-electron chi connectivity index (χ4n) is 0.677. The van der Waals surface area contributed by atoms with E-state index in [1.807, 2.05) is 0 Å². The summed E-state index contributed by atoms with van der Waals surface area (Å²) in [6.07, 6.45) is 0.610. The molecule has 0 saturated carbocycles. The zero-order valence-corrected chi connectivity index (χ0v) is 7.83. The van der Waals surface area contributed by atoms with E-state index in [9.17, 15) is 13.2 Å². The van der Waals surface area contributed by atoms with E-state index >= 15 is 0 Å². The average molecular weight is 211 g/mol. The van der Waals surface area contributed by atoms with E-state index in [2.05, 4.69) is 0 Å². The predicted molar refractivity (Wildman–Crippen MR) is 46.1 cm³/mol. The quantitative estimate of drug-likeness (QED) is 0.175. The fraction of sp³-hybridized carbons (Fsp3) is 0.800. The molecule has 0 bridgehead atoms. The van der Waals surface area contributed by atoms with Gasteiger partial charge in [-0.05, 0) is 12.8 Å². The van der Waals surface area contributed by atoms with Crippen LogP contribution < -0.4 is 11.6 Å². The number of carbonyl (C=O) groups is 1. The number of amides is 2. The Labute approximate surface area is 76.4 Å². The molecule has 0 rings (SSSR count). The minimum atomic E-state index is -3.92. The highest BCUT2D eigenvalue weighted by molar-refractivity contribution is 7.85. The molecule has 0 fully saturated rings. The second-order valence-corrected chi connectivity index (χ2v) is 4.10. The highest BCUT2D eigenvalue weighted by atomic mass is 32.2. The van der Waals surface area contributed by atoms with Crippen LogP contribution in [-0.2, 0) is 10.1 Å². The summed E-state index contributed by atoms with van der Waals surface area (Å²) in [6, 6.07) is -0.771. The molecular weight excluding hydrogens is 198 g/mol. The van der Waals surface area contributed by atoms with Crippen LogP contribution in [0.4, 0.5) is 4.79 Å². The van der Waals surface area contributed by atoms with Gasteiger partial charge in [-0.15, -0.1) is 0 Å². The first kappa shape index (κ1) is 12.1. The number of rotatable bonds is 5. The average Bonchev–Trinajstić information content (AvgIpc) is 1.95. The van der Waals surface area contributed by atoms with Crippen LogP contribution in [0.2, 0.25) is 0 Å². The molecule has 78 valence electrons. The summed E-state index contributed by atoms with van der Waals surface area (Å²) in [4.78, 5) is 10.3. The van der Waals surface area contributed by atoms with E-state index in [1.54, 1.807) is 0 Å². The van der Waals surface area contributed by atoms with Gasteiger partial charge < -0.3 is 5.73 Å². The van der Waals surface area contributed by atoms with Gasteiger partial charge in [0, 0.05) is 6.54 Å². The van der Waals surface area contributed by atoms with Crippen molar-refractivity contribution >= 4 is 16.1 Å². The highest BCUT2D eigenvalue weighted by Gasteiger charge is 2.06. The monoisotopic (exact) mass is 211 g/mol. The van der Waals surface area contributed by atoms with Crippen LogP contribution in [0.5, 0.6) is 0 Å². The lowest BCUT2D eigenvalue weighted by Crippen LogP contribution is -2.41. The molecular formula is C5H13N3O4S. The summed E-state index contributed by atoms with van der Waals surface area (Å²) < 4.78 is 28.8. The summed E-state index contributed by atoms with van der Waals surface area (Å²) >= 11 is 0. The van der Waals surface area contributed by atoms with Crippen LogP contribution in [0.25, 0.3) is 0 Å².